The summed E-state index contributed by atoms with van der Waals surface area (Å²) in [4.78, 5) is 11.5. The van der Waals surface area contributed by atoms with Gasteiger partial charge in [0.25, 0.3) is 5.91 Å². The second kappa shape index (κ2) is 5.00. The largest absolute Gasteiger partial charge is 0.507 e. The van der Waals surface area contributed by atoms with E-state index in [1.54, 1.807) is 6.92 Å². The maximum absolute atomic E-state index is 11.5. The highest BCUT2D eigenvalue weighted by molar-refractivity contribution is 6.31. The molecule has 0 saturated carbocycles. The van der Waals surface area contributed by atoms with Crippen LogP contribution in [0.15, 0.2) is 18.2 Å². The first-order valence-electron chi connectivity index (χ1n) is 4.45. The summed E-state index contributed by atoms with van der Waals surface area (Å²) in [5, 5.41) is 21.2. The summed E-state index contributed by atoms with van der Waals surface area (Å²) in [6.07, 6.45) is -0.629. The van der Waals surface area contributed by atoms with Crippen LogP contribution in [0.4, 0.5) is 0 Å². The first-order valence-corrected chi connectivity index (χ1v) is 4.83. The van der Waals surface area contributed by atoms with Crippen LogP contribution in [0.25, 0.3) is 0 Å². The molecule has 5 heteroatoms. The molecular weight excluding hydrogens is 218 g/mol. The summed E-state index contributed by atoms with van der Waals surface area (Å²) in [7, 11) is 0. The van der Waals surface area contributed by atoms with E-state index in [1.807, 2.05) is 0 Å². The van der Waals surface area contributed by atoms with Crippen LogP contribution < -0.4 is 5.32 Å². The van der Waals surface area contributed by atoms with Gasteiger partial charge < -0.3 is 15.5 Å². The first-order chi connectivity index (χ1) is 7.00. The molecule has 0 aliphatic rings. The quantitative estimate of drug-likeness (QED) is 0.729. The lowest BCUT2D eigenvalue weighted by Gasteiger charge is -2.08. The Morgan fingerprint density at radius 3 is 2.87 bits per heavy atom. The summed E-state index contributed by atoms with van der Waals surface area (Å²) in [5.74, 6) is -0.599. The molecule has 1 aromatic rings. The summed E-state index contributed by atoms with van der Waals surface area (Å²) < 4.78 is 0. The molecule has 0 aromatic heterocycles. The van der Waals surface area contributed by atoms with Gasteiger partial charge in [0.1, 0.15) is 5.75 Å². The van der Waals surface area contributed by atoms with Gasteiger partial charge in [-0.1, -0.05) is 11.6 Å². The molecule has 0 bridgehead atoms. The molecule has 0 aliphatic heterocycles. The van der Waals surface area contributed by atoms with E-state index in [4.69, 9.17) is 16.7 Å². The Balaban J connectivity index is 2.77. The highest BCUT2D eigenvalue weighted by atomic mass is 35.5. The topological polar surface area (TPSA) is 69.6 Å². The van der Waals surface area contributed by atoms with Gasteiger partial charge >= 0.3 is 0 Å². The third kappa shape index (κ3) is 3.42. The summed E-state index contributed by atoms with van der Waals surface area (Å²) in [6.45, 7) is 1.68. The maximum Gasteiger partial charge on any atom is 0.255 e. The predicted molar refractivity (Wildman–Crippen MR) is 57.1 cm³/mol. The molecule has 0 aliphatic carbocycles. The first kappa shape index (κ1) is 11.8. The predicted octanol–water partition coefficient (Wildman–Crippen LogP) is 1.16. The number of carbonyl (C=O) groups is 1. The highest BCUT2D eigenvalue weighted by Crippen LogP contribution is 2.21. The normalized spacial score (nSPS) is 12.2. The van der Waals surface area contributed by atoms with E-state index < -0.39 is 12.0 Å². The number of nitrogens with one attached hydrogen (secondary N) is 1. The lowest BCUT2D eigenvalue weighted by molar-refractivity contribution is 0.0921. The molecule has 1 aromatic carbocycles. The lowest BCUT2D eigenvalue weighted by Crippen LogP contribution is -2.30. The van der Waals surface area contributed by atoms with Crippen LogP contribution in [0.1, 0.15) is 17.3 Å². The Morgan fingerprint density at radius 2 is 2.27 bits per heavy atom. The van der Waals surface area contributed by atoms with E-state index in [0.717, 1.165) is 0 Å². The van der Waals surface area contributed by atoms with Crippen molar-refractivity contribution < 1.29 is 15.0 Å². The zero-order valence-electron chi connectivity index (χ0n) is 8.20. The fourth-order valence-electron chi connectivity index (χ4n) is 1.03. The second-order valence-corrected chi connectivity index (χ2v) is 3.66. The van der Waals surface area contributed by atoms with E-state index in [0.29, 0.717) is 5.02 Å². The van der Waals surface area contributed by atoms with Gasteiger partial charge in [0, 0.05) is 11.6 Å². The molecule has 15 heavy (non-hydrogen) atoms. The molecule has 1 rings (SSSR count). The van der Waals surface area contributed by atoms with E-state index in [-0.39, 0.29) is 17.9 Å². The van der Waals surface area contributed by atoms with E-state index >= 15 is 0 Å². The van der Waals surface area contributed by atoms with Crippen LogP contribution in [-0.2, 0) is 0 Å². The van der Waals surface area contributed by atoms with Gasteiger partial charge in [0.05, 0.1) is 11.7 Å². The van der Waals surface area contributed by atoms with Gasteiger partial charge in [-0.3, -0.25) is 4.79 Å². The molecule has 3 N–H and O–H groups in total. The van der Waals surface area contributed by atoms with Crippen LogP contribution in [0.2, 0.25) is 5.02 Å². The van der Waals surface area contributed by atoms with Crippen LogP contribution in [0.5, 0.6) is 5.75 Å². The highest BCUT2D eigenvalue weighted by Gasteiger charge is 2.11. The minimum absolute atomic E-state index is 0.100. The average molecular weight is 230 g/mol. The summed E-state index contributed by atoms with van der Waals surface area (Å²) in [5.41, 5.74) is 0.100. The van der Waals surface area contributed by atoms with Gasteiger partial charge in [-0.15, -0.1) is 0 Å². The van der Waals surface area contributed by atoms with Crippen molar-refractivity contribution in [2.75, 3.05) is 6.54 Å². The number of hydrogen-bond acceptors (Lipinski definition) is 3. The zero-order valence-corrected chi connectivity index (χ0v) is 8.95. The van der Waals surface area contributed by atoms with Gasteiger partial charge in [-0.2, -0.15) is 0 Å². The van der Waals surface area contributed by atoms with Gasteiger partial charge in [0.15, 0.2) is 0 Å². The van der Waals surface area contributed by atoms with Crippen LogP contribution >= 0.6 is 11.6 Å². The Bertz CT molecular complexity index is 366. The average Bonchev–Trinajstić information content (AvgIpc) is 2.18. The molecule has 0 heterocycles. The van der Waals surface area contributed by atoms with Gasteiger partial charge in [-0.05, 0) is 25.1 Å². The Kier molecular flexibility index (Phi) is 3.94. The van der Waals surface area contributed by atoms with Crippen molar-refractivity contribution in [2.45, 2.75) is 13.0 Å². The molecule has 0 unspecified atom stereocenters. The number of hydrogen-bond donors (Lipinski definition) is 3. The van der Waals surface area contributed by atoms with Crippen molar-refractivity contribution in [2.24, 2.45) is 0 Å². The van der Waals surface area contributed by atoms with Crippen LogP contribution in [0.3, 0.4) is 0 Å². The van der Waals surface area contributed by atoms with Crippen molar-refractivity contribution in [3.05, 3.63) is 28.8 Å². The number of rotatable bonds is 3. The van der Waals surface area contributed by atoms with E-state index in [1.165, 1.54) is 18.2 Å². The monoisotopic (exact) mass is 229 g/mol. The van der Waals surface area contributed by atoms with Crippen molar-refractivity contribution in [3.8, 4) is 5.75 Å². The van der Waals surface area contributed by atoms with Crippen LogP contribution in [0, 0.1) is 0 Å². The van der Waals surface area contributed by atoms with Crippen molar-refractivity contribution in [1.29, 1.82) is 0 Å². The standard InChI is InChI=1S/C10H12ClNO3/c1-6(13)5-12-10(15)8-4-7(11)2-3-9(8)14/h2-4,6,13-14H,5H2,1H3,(H,12,15)/t6-/m1/s1. The Hall–Kier alpha value is -1.26. The fourth-order valence-corrected chi connectivity index (χ4v) is 1.20. The van der Waals surface area contributed by atoms with Gasteiger partial charge in [0.2, 0.25) is 0 Å². The molecule has 82 valence electrons. The number of aromatic hydroxyl groups is 1. The smallest absolute Gasteiger partial charge is 0.255 e. The fraction of sp³-hybridized carbons (Fsp3) is 0.300. The molecule has 0 radical (unpaired) electrons. The second-order valence-electron chi connectivity index (χ2n) is 3.22. The number of phenols is 1. The molecule has 0 fully saturated rings. The number of aliphatic hydroxyl groups excluding tert-OH is 1. The minimum atomic E-state index is -0.629. The van der Waals surface area contributed by atoms with Crippen LogP contribution in [-0.4, -0.2) is 28.8 Å². The Labute approximate surface area is 92.5 Å². The molecule has 1 amide bonds. The summed E-state index contributed by atoms with van der Waals surface area (Å²) >= 11 is 5.68. The van der Waals surface area contributed by atoms with Crippen molar-refractivity contribution in [1.82, 2.24) is 5.32 Å². The number of aliphatic hydroxyl groups is 1. The SMILES string of the molecule is C[C@@H](O)CNC(=O)c1cc(Cl)ccc1O. The third-order valence-electron chi connectivity index (χ3n) is 1.76. The molecular formula is C10H12ClNO3. The summed E-state index contributed by atoms with van der Waals surface area (Å²) in [6, 6.07) is 4.20. The number of carbonyl (C=O) groups excluding carboxylic acids is 1. The Morgan fingerprint density at radius 1 is 1.60 bits per heavy atom. The molecule has 0 spiro atoms. The zero-order chi connectivity index (χ0) is 11.4. The number of phenolic OH excluding ortho intramolecular Hbond substituents is 1. The van der Waals surface area contributed by atoms with Crippen molar-refractivity contribution in [3.63, 3.8) is 0 Å². The van der Waals surface area contributed by atoms with Gasteiger partial charge in [-0.25, -0.2) is 0 Å². The third-order valence-corrected chi connectivity index (χ3v) is 2.00. The molecule has 1 atom stereocenters. The lowest BCUT2D eigenvalue weighted by atomic mass is 10.2. The molecule has 0 saturated heterocycles. The minimum Gasteiger partial charge on any atom is -0.507 e. The molecule has 4 nitrogen and oxygen atoms in total. The number of amides is 1. The van der Waals surface area contributed by atoms with E-state index in [2.05, 4.69) is 5.32 Å². The number of benzene rings is 1. The number of halogens is 1. The van der Waals surface area contributed by atoms with E-state index in [9.17, 15) is 9.90 Å². The maximum atomic E-state index is 11.5. The van der Waals surface area contributed by atoms with Crippen molar-refractivity contribution >= 4 is 17.5 Å².